The highest BCUT2D eigenvalue weighted by Gasteiger charge is 2.10. The standard InChI is InChI=1S/C12H8BrNO2/c13-9-3-1-8(2-4-9)12(16)11-6-5-10(7-15)14-11/h1-7,14H. The summed E-state index contributed by atoms with van der Waals surface area (Å²) in [5.41, 5.74) is 1.41. The molecule has 0 aliphatic heterocycles. The van der Waals surface area contributed by atoms with Gasteiger partial charge in [0.2, 0.25) is 5.78 Å². The van der Waals surface area contributed by atoms with E-state index in [9.17, 15) is 9.59 Å². The largest absolute Gasteiger partial charge is 0.350 e. The molecule has 4 heteroatoms. The smallest absolute Gasteiger partial charge is 0.209 e. The number of rotatable bonds is 3. The Morgan fingerprint density at radius 1 is 1.12 bits per heavy atom. The average Bonchev–Trinajstić information content (AvgIpc) is 2.77. The third kappa shape index (κ3) is 2.12. The van der Waals surface area contributed by atoms with Gasteiger partial charge in [-0.1, -0.05) is 15.9 Å². The van der Waals surface area contributed by atoms with Crippen molar-refractivity contribution < 1.29 is 9.59 Å². The Labute approximate surface area is 101 Å². The lowest BCUT2D eigenvalue weighted by molar-refractivity contribution is 0.103. The fourth-order valence-electron chi connectivity index (χ4n) is 1.37. The first-order valence-corrected chi connectivity index (χ1v) is 5.44. The van der Waals surface area contributed by atoms with Crippen molar-refractivity contribution in [3.8, 4) is 0 Å². The van der Waals surface area contributed by atoms with Crippen LogP contribution in [0, 0.1) is 0 Å². The summed E-state index contributed by atoms with van der Waals surface area (Å²) >= 11 is 3.30. The van der Waals surface area contributed by atoms with Gasteiger partial charge in [-0.05, 0) is 36.4 Å². The molecule has 1 N–H and O–H groups in total. The minimum Gasteiger partial charge on any atom is -0.350 e. The molecule has 0 saturated heterocycles. The molecule has 0 aliphatic rings. The molecule has 1 heterocycles. The second-order valence-corrected chi connectivity index (χ2v) is 4.20. The van der Waals surface area contributed by atoms with Crippen LogP contribution in [0.15, 0.2) is 40.9 Å². The second-order valence-electron chi connectivity index (χ2n) is 3.28. The van der Waals surface area contributed by atoms with Gasteiger partial charge >= 0.3 is 0 Å². The first-order chi connectivity index (χ1) is 7.70. The second kappa shape index (κ2) is 4.45. The highest BCUT2D eigenvalue weighted by molar-refractivity contribution is 9.10. The van der Waals surface area contributed by atoms with Crippen molar-refractivity contribution >= 4 is 28.0 Å². The van der Waals surface area contributed by atoms with E-state index in [1.165, 1.54) is 0 Å². The minimum atomic E-state index is -0.124. The van der Waals surface area contributed by atoms with Crippen molar-refractivity contribution in [2.45, 2.75) is 0 Å². The van der Waals surface area contributed by atoms with Gasteiger partial charge in [0.1, 0.15) is 0 Å². The maximum Gasteiger partial charge on any atom is 0.209 e. The topological polar surface area (TPSA) is 49.9 Å². The summed E-state index contributed by atoms with van der Waals surface area (Å²) in [6, 6.07) is 10.3. The van der Waals surface area contributed by atoms with Crippen LogP contribution in [0.4, 0.5) is 0 Å². The third-order valence-corrected chi connectivity index (χ3v) is 2.72. The van der Waals surface area contributed by atoms with Crippen LogP contribution in [0.1, 0.15) is 26.5 Å². The summed E-state index contributed by atoms with van der Waals surface area (Å²) in [5, 5.41) is 0. The zero-order chi connectivity index (χ0) is 11.5. The van der Waals surface area contributed by atoms with E-state index in [4.69, 9.17) is 0 Å². The molecule has 0 fully saturated rings. The molecular formula is C12H8BrNO2. The van der Waals surface area contributed by atoms with Crippen LogP contribution in [0.2, 0.25) is 0 Å². The van der Waals surface area contributed by atoms with Gasteiger partial charge in [-0.25, -0.2) is 0 Å². The number of hydrogen-bond acceptors (Lipinski definition) is 2. The Balaban J connectivity index is 2.31. The molecule has 2 aromatic rings. The van der Waals surface area contributed by atoms with Crippen LogP contribution in [0.5, 0.6) is 0 Å². The van der Waals surface area contributed by atoms with Crippen molar-refractivity contribution in [2.75, 3.05) is 0 Å². The normalized spacial score (nSPS) is 10.1. The zero-order valence-corrected chi connectivity index (χ0v) is 9.82. The van der Waals surface area contributed by atoms with Crippen molar-refractivity contribution in [1.29, 1.82) is 0 Å². The van der Waals surface area contributed by atoms with E-state index in [0.717, 1.165) is 4.47 Å². The minimum absolute atomic E-state index is 0.124. The fourth-order valence-corrected chi connectivity index (χ4v) is 1.63. The molecule has 0 saturated carbocycles. The number of ketones is 1. The Morgan fingerprint density at radius 2 is 1.81 bits per heavy atom. The summed E-state index contributed by atoms with van der Waals surface area (Å²) in [5.74, 6) is -0.124. The Kier molecular flexibility index (Phi) is 3.01. The monoisotopic (exact) mass is 277 g/mol. The maximum atomic E-state index is 11.9. The summed E-state index contributed by atoms with van der Waals surface area (Å²) in [7, 11) is 0. The number of carbonyl (C=O) groups excluding carboxylic acids is 2. The number of carbonyl (C=O) groups is 2. The van der Waals surface area contributed by atoms with Crippen molar-refractivity contribution in [3.63, 3.8) is 0 Å². The van der Waals surface area contributed by atoms with Crippen LogP contribution in [0.25, 0.3) is 0 Å². The highest BCUT2D eigenvalue weighted by Crippen LogP contribution is 2.14. The highest BCUT2D eigenvalue weighted by atomic mass is 79.9. The van der Waals surface area contributed by atoms with Gasteiger partial charge in [0, 0.05) is 10.0 Å². The molecule has 0 atom stereocenters. The molecule has 3 nitrogen and oxygen atoms in total. The number of H-pyrrole nitrogens is 1. The van der Waals surface area contributed by atoms with Crippen LogP contribution in [-0.4, -0.2) is 17.1 Å². The van der Waals surface area contributed by atoms with Crippen LogP contribution < -0.4 is 0 Å². The van der Waals surface area contributed by atoms with Gasteiger partial charge in [0.15, 0.2) is 6.29 Å². The van der Waals surface area contributed by atoms with E-state index >= 15 is 0 Å². The van der Waals surface area contributed by atoms with Gasteiger partial charge in [0.25, 0.3) is 0 Å². The average molecular weight is 278 g/mol. The van der Waals surface area contributed by atoms with Crippen molar-refractivity contribution in [2.24, 2.45) is 0 Å². The molecule has 2 rings (SSSR count). The lowest BCUT2D eigenvalue weighted by Gasteiger charge is -1.98. The van der Waals surface area contributed by atoms with Gasteiger partial charge in [0.05, 0.1) is 11.4 Å². The predicted octanol–water partition coefficient (Wildman–Crippen LogP) is 2.82. The number of nitrogens with one attached hydrogen (secondary N) is 1. The van der Waals surface area contributed by atoms with Crippen molar-refractivity contribution in [1.82, 2.24) is 4.98 Å². The van der Waals surface area contributed by atoms with E-state index in [1.54, 1.807) is 36.4 Å². The van der Waals surface area contributed by atoms with Gasteiger partial charge in [-0.3, -0.25) is 9.59 Å². The summed E-state index contributed by atoms with van der Waals surface area (Å²) in [4.78, 5) is 25.1. The Morgan fingerprint density at radius 3 is 2.38 bits per heavy atom. The first kappa shape index (κ1) is 10.8. The molecular weight excluding hydrogens is 270 g/mol. The molecule has 0 bridgehead atoms. The zero-order valence-electron chi connectivity index (χ0n) is 8.24. The van der Waals surface area contributed by atoms with E-state index in [0.29, 0.717) is 23.2 Å². The van der Waals surface area contributed by atoms with Gasteiger partial charge in [-0.15, -0.1) is 0 Å². The van der Waals surface area contributed by atoms with Crippen LogP contribution in [-0.2, 0) is 0 Å². The Bertz CT molecular complexity index is 528. The SMILES string of the molecule is O=Cc1ccc(C(=O)c2ccc(Br)cc2)[nH]1. The van der Waals surface area contributed by atoms with E-state index in [1.807, 2.05) is 0 Å². The maximum absolute atomic E-state index is 11.9. The molecule has 1 aromatic heterocycles. The third-order valence-electron chi connectivity index (χ3n) is 2.19. The lowest BCUT2D eigenvalue weighted by Crippen LogP contribution is -2.01. The molecule has 0 amide bonds. The molecule has 16 heavy (non-hydrogen) atoms. The number of hydrogen-bond donors (Lipinski definition) is 1. The van der Waals surface area contributed by atoms with Crippen LogP contribution >= 0.6 is 15.9 Å². The summed E-state index contributed by atoms with van der Waals surface area (Å²) in [6.45, 7) is 0. The van der Waals surface area contributed by atoms with Crippen molar-refractivity contribution in [3.05, 3.63) is 57.8 Å². The summed E-state index contributed by atoms with van der Waals surface area (Å²) in [6.07, 6.45) is 0.679. The van der Waals surface area contributed by atoms with E-state index in [2.05, 4.69) is 20.9 Å². The Hall–Kier alpha value is -1.68. The number of aldehydes is 1. The van der Waals surface area contributed by atoms with Crippen LogP contribution in [0.3, 0.4) is 0 Å². The van der Waals surface area contributed by atoms with Gasteiger partial charge < -0.3 is 4.98 Å². The van der Waals surface area contributed by atoms with Gasteiger partial charge in [-0.2, -0.15) is 0 Å². The molecule has 0 unspecified atom stereocenters. The molecule has 0 aliphatic carbocycles. The number of aromatic nitrogens is 1. The fraction of sp³-hybridized carbons (Fsp3) is 0. The number of benzene rings is 1. The summed E-state index contributed by atoms with van der Waals surface area (Å²) < 4.78 is 0.920. The molecule has 0 spiro atoms. The van der Waals surface area contributed by atoms with E-state index < -0.39 is 0 Å². The first-order valence-electron chi connectivity index (χ1n) is 4.65. The molecule has 80 valence electrons. The predicted molar refractivity (Wildman–Crippen MR) is 63.8 cm³/mol. The molecule has 0 radical (unpaired) electrons. The lowest BCUT2D eigenvalue weighted by atomic mass is 10.1. The quantitative estimate of drug-likeness (QED) is 0.693. The van der Waals surface area contributed by atoms with E-state index in [-0.39, 0.29) is 5.78 Å². The number of aromatic amines is 1. The number of halogens is 1. The molecule has 1 aromatic carbocycles.